The largest absolute Gasteiger partial charge is 0.321 e. The Balaban J connectivity index is 1.72. The van der Waals surface area contributed by atoms with Crippen molar-refractivity contribution in [2.75, 3.05) is 13.1 Å². The third-order valence-corrected chi connectivity index (χ3v) is 5.54. The molecule has 0 aromatic carbocycles. The molecule has 2 aliphatic rings. The molecule has 2 heterocycles. The van der Waals surface area contributed by atoms with Gasteiger partial charge in [0.1, 0.15) is 6.17 Å². The second-order valence-electron chi connectivity index (χ2n) is 5.87. The van der Waals surface area contributed by atoms with E-state index in [0.717, 1.165) is 12.5 Å². The molecule has 0 radical (unpaired) electrons. The molecule has 1 aliphatic carbocycles. The summed E-state index contributed by atoms with van der Waals surface area (Å²) in [5, 5.41) is 5.43. The van der Waals surface area contributed by atoms with Crippen molar-refractivity contribution in [2.45, 2.75) is 38.8 Å². The summed E-state index contributed by atoms with van der Waals surface area (Å²) >= 11 is 1.73. The summed E-state index contributed by atoms with van der Waals surface area (Å²) < 4.78 is 0. The summed E-state index contributed by atoms with van der Waals surface area (Å²) in [6.45, 7) is 3.76. The lowest BCUT2D eigenvalue weighted by molar-refractivity contribution is -0.129. The van der Waals surface area contributed by atoms with E-state index in [1.165, 1.54) is 30.6 Å². The van der Waals surface area contributed by atoms with Crippen molar-refractivity contribution in [3.05, 3.63) is 22.4 Å². The van der Waals surface area contributed by atoms with Gasteiger partial charge in [-0.05, 0) is 29.7 Å². The number of hydrogen-bond donors (Lipinski definition) is 1. The number of nitrogens with zero attached hydrogens (tertiary/aromatic N) is 1. The Morgan fingerprint density at radius 1 is 1.42 bits per heavy atom. The lowest BCUT2D eigenvalue weighted by atomic mass is 9.80. The highest BCUT2D eigenvalue weighted by Gasteiger charge is 2.35. The number of carbonyl (C=O) groups excluding carboxylic acids is 1. The van der Waals surface area contributed by atoms with E-state index in [1.807, 2.05) is 0 Å². The van der Waals surface area contributed by atoms with Crippen LogP contribution in [0.5, 0.6) is 0 Å². The van der Waals surface area contributed by atoms with Crippen molar-refractivity contribution in [3.63, 3.8) is 0 Å². The maximum absolute atomic E-state index is 12.1. The van der Waals surface area contributed by atoms with Gasteiger partial charge in [0.15, 0.2) is 0 Å². The lowest BCUT2D eigenvalue weighted by Crippen LogP contribution is -2.37. The molecule has 1 N–H and O–H groups in total. The van der Waals surface area contributed by atoms with E-state index in [2.05, 4.69) is 34.7 Å². The number of nitrogens with one attached hydrogen (secondary N) is 1. The van der Waals surface area contributed by atoms with Gasteiger partial charge in [-0.25, -0.2) is 0 Å². The van der Waals surface area contributed by atoms with Crippen LogP contribution in [0, 0.1) is 11.8 Å². The van der Waals surface area contributed by atoms with Gasteiger partial charge in [-0.3, -0.25) is 10.1 Å². The zero-order chi connectivity index (χ0) is 13.2. The van der Waals surface area contributed by atoms with Crippen LogP contribution in [-0.2, 0) is 4.79 Å². The predicted octanol–water partition coefficient (Wildman–Crippen LogP) is 3.00. The molecule has 4 heteroatoms. The first-order valence-corrected chi connectivity index (χ1v) is 8.20. The van der Waals surface area contributed by atoms with E-state index >= 15 is 0 Å². The van der Waals surface area contributed by atoms with Crippen LogP contribution in [0.15, 0.2) is 17.5 Å². The van der Waals surface area contributed by atoms with Crippen molar-refractivity contribution >= 4 is 17.2 Å². The van der Waals surface area contributed by atoms with Gasteiger partial charge < -0.3 is 4.90 Å². The Labute approximate surface area is 119 Å². The van der Waals surface area contributed by atoms with Gasteiger partial charge in [0.05, 0.1) is 6.54 Å². The SMILES string of the molecule is CC1CCCCC1CN1C(=O)CNC1c1cccs1. The van der Waals surface area contributed by atoms with Crippen LogP contribution in [0.1, 0.15) is 43.6 Å². The monoisotopic (exact) mass is 278 g/mol. The van der Waals surface area contributed by atoms with Gasteiger partial charge in [-0.15, -0.1) is 11.3 Å². The number of amides is 1. The maximum atomic E-state index is 12.1. The van der Waals surface area contributed by atoms with Crippen LogP contribution in [0.2, 0.25) is 0 Å². The second kappa shape index (κ2) is 5.63. The first-order valence-electron chi connectivity index (χ1n) is 7.32. The standard InChI is InChI=1S/C15H22N2OS/c1-11-5-2-3-6-12(11)10-17-14(18)9-16-15(17)13-7-4-8-19-13/h4,7-8,11-12,15-16H,2-3,5-6,9-10H2,1H3. The summed E-state index contributed by atoms with van der Waals surface area (Å²) in [5.41, 5.74) is 0. The summed E-state index contributed by atoms with van der Waals surface area (Å²) in [7, 11) is 0. The molecule has 3 rings (SSSR count). The van der Waals surface area contributed by atoms with Gasteiger partial charge in [0, 0.05) is 11.4 Å². The van der Waals surface area contributed by atoms with E-state index in [4.69, 9.17) is 0 Å². The third kappa shape index (κ3) is 2.70. The van der Waals surface area contributed by atoms with Gasteiger partial charge in [-0.2, -0.15) is 0 Å². The quantitative estimate of drug-likeness (QED) is 0.922. The van der Waals surface area contributed by atoms with Crippen molar-refractivity contribution < 1.29 is 4.79 Å². The molecule has 19 heavy (non-hydrogen) atoms. The molecular weight excluding hydrogens is 256 g/mol. The molecule has 3 atom stereocenters. The van der Waals surface area contributed by atoms with Crippen LogP contribution in [0.4, 0.5) is 0 Å². The summed E-state index contributed by atoms with van der Waals surface area (Å²) in [6.07, 6.45) is 5.40. The van der Waals surface area contributed by atoms with E-state index in [-0.39, 0.29) is 12.1 Å². The average molecular weight is 278 g/mol. The fourth-order valence-electron chi connectivity index (χ4n) is 3.36. The van der Waals surface area contributed by atoms with E-state index in [0.29, 0.717) is 12.5 Å². The topological polar surface area (TPSA) is 32.3 Å². The molecule has 1 saturated carbocycles. The van der Waals surface area contributed by atoms with Gasteiger partial charge in [0.2, 0.25) is 5.91 Å². The van der Waals surface area contributed by atoms with Crippen molar-refractivity contribution in [1.82, 2.24) is 10.2 Å². The molecule has 2 fully saturated rings. The Bertz CT molecular complexity index is 431. The number of hydrogen-bond acceptors (Lipinski definition) is 3. The van der Waals surface area contributed by atoms with E-state index in [9.17, 15) is 4.79 Å². The molecule has 104 valence electrons. The van der Waals surface area contributed by atoms with Crippen molar-refractivity contribution in [1.29, 1.82) is 0 Å². The number of carbonyl (C=O) groups is 1. The second-order valence-corrected chi connectivity index (χ2v) is 6.85. The van der Waals surface area contributed by atoms with Gasteiger partial charge >= 0.3 is 0 Å². The maximum Gasteiger partial charge on any atom is 0.238 e. The molecule has 0 spiro atoms. The Morgan fingerprint density at radius 2 is 2.26 bits per heavy atom. The van der Waals surface area contributed by atoms with E-state index < -0.39 is 0 Å². The summed E-state index contributed by atoms with van der Waals surface area (Å²) in [6, 6.07) is 4.18. The van der Waals surface area contributed by atoms with Crippen LogP contribution >= 0.6 is 11.3 Å². The van der Waals surface area contributed by atoms with Crippen LogP contribution < -0.4 is 5.32 Å². The van der Waals surface area contributed by atoms with Gasteiger partial charge in [-0.1, -0.05) is 32.3 Å². The molecule has 1 amide bonds. The minimum absolute atomic E-state index is 0.113. The van der Waals surface area contributed by atoms with Gasteiger partial charge in [0.25, 0.3) is 0 Å². The molecule has 1 aliphatic heterocycles. The smallest absolute Gasteiger partial charge is 0.238 e. The minimum atomic E-state index is 0.113. The van der Waals surface area contributed by atoms with Crippen LogP contribution in [0.25, 0.3) is 0 Å². The van der Waals surface area contributed by atoms with Crippen LogP contribution in [0.3, 0.4) is 0 Å². The van der Waals surface area contributed by atoms with Crippen molar-refractivity contribution in [2.24, 2.45) is 11.8 Å². The zero-order valence-corrected chi connectivity index (χ0v) is 12.3. The average Bonchev–Trinajstić information content (AvgIpc) is 3.03. The Morgan fingerprint density at radius 3 is 3.00 bits per heavy atom. The first kappa shape index (κ1) is 13.1. The molecule has 3 unspecified atom stereocenters. The molecule has 3 nitrogen and oxygen atoms in total. The minimum Gasteiger partial charge on any atom is -0.321 e. The number of rotatable bonds is 3. The zero-order valence-electron chi connectivity index (χ0n) is 11.5. The van der Waals surface area contributed by atoms with Crippen molar-refractivity contribution in [3.8, 4) is 0 Å². The first-order chi connectivity index (χ1) is 9.25. The highest BCUT2D eigenvalue weighted by atomic mass is 32.1. The lowest BCUT2D eigenvalue weighted by Gasteiger charge is -2.34. The molecule has 1 saturated heterocycles. The normalized spacial score (nSPS) is 31.9. The summed E-state index contributed by atoms with van der Waals surface area (Å²) in [4.78, 5) is 15.5. The summed E-state index contributed by atoms with van der Waals surface area (Å²) in [5.74, 6) is 1.70. The predicted molar refractivity (Wildman–Crippen MR) is 77.9 cm³/mol. The Kier molecular flexibility index (Phi) is 3.89. The molecular formula is C15H22N2OS. The fraction of sp³-hybridized carbons (Fsp3) is 0.667. The fourth-order valence-corrected chi connectivity index (χ4v) is 4.18. The molecule has 1 aromatic rings. The highest BCUT2D eigenvalue weighted by molar-refractivity contribution is 7.10. The molecule has 1 aromatic heterocycles. The molecule has 0 bridgehead atoms. The van der Waals surface area contributed by atoms with Crippen LogP contribution in [-0.4, -0.2) is 23.9 Å². The Hall–Kier alpha value is -0.870. The van der Waals surface area contributed by atoms with E-state index in [1.54, 1.807) is 11.3 Å². The number of thiophene rings is 1. The highest BCUT2D eigenvalue weighted by Crippen LogP contribution is 2.33. The third-order valence-electron chi connectivity index (χ3n) is 4.61.